The average Bonchev–Trinajstić information content (AvgIpc) is 3.54. The van der Waals surface area contributed by atoms with Gasteiger partial charge in [0.25, 0.3) is 0 Å². The Morgan fingerprint density at radius 1 is 1.13 bits per heavy atom. The predicted molar refractivity (Wildman–Crippen MR) is 125 cm³/mol. The van der Waals surface area contributed by atoms with Crippen LogP contribution < -0.4 is 15.4 Å². The monoisotopic (exact) mass is 474 g/mol. The number of aromatic nitrogens is 2. The Morgan fingerprint density at radius 2 is 1.90 bits per heavy atom. The number of benzene rings is 1. The molecule has 1 saturated carbocycles. The molecule has 2 N–H and O–H groups in total. The molecule has 0 radical (unpaired) electrons. The van der Waals surface area contributed by atoms with Crippen LogP contribution in [0.1, 0.15) is 30.6 Å². The lowest BCUT2D eigenvalue weighted by atomic mass is 9.83. The molecule has 1 aliphatic carbocycles. The van der Waals surface area contributed by atoms with Crippen LogP contribution in [-0.2, 0) is 15.0 Å². The Hall–Kier alpha value is -2.43. The highest BCUT2D eigenvalue weighted by Crippen LogP contribution is 2.44. The van der Waals surface area contributed by atoms with Crippen LogP contribution in [0.4, 0.5) is 10.8 Å². The number of carbonyl (C=O) groups is 2. The molecular formula is C21H22N4O3S3. The van der Waals surface area contributed by atoms with Crippen molar-refractivity contribution in [2.75, 3.05) is 23.5 Å². The van der Waals surface area contributed by atoms with Gasteiger partial charge in [-0.25, -0.2) is 0 Å². The lowest BCUT2D eigenvalue weighted by Gasteiger charge is -2.25. The standard InChI is InChI=1S/C21H22N4O3S3/c1-28-15-8-6-14(7-9-15)22-17(26)13-30-20-25-24-19(31-20)23-18(27)21(10-2-3-11-21)16-5-4-12-29-16/h4-9,12H,2-3,10-11,13H2,1H3,(H,22,26)(H,23,24,27). The molecule has 0 bridgehead atoms. The topological polar surface area (TPSA) is 93.2 Å². The van der Waals surface area contributed by atoms with Gasteiger partial charge in [0.2, 0.25) is 16.9 Å². The van der Waals surface area contributed by atoms with Crippen LogP contribution in [-0.4, -0.2) is 34.9 Å². The molecule has 31 heavy (non-hydrogen) atoms. The molecular weight excluding hydrogens is 452 g/mol. The van der Waals surface area contributed by atoms with Crippen LogP contribution in [0.15, 0.2) is 46.1 Å². The summed E-state index contributed by atoms with van der Waals surface area (Å²) in [6.45, 7) is 0. The summed E-state index contributed by atoms with van der Waals surface area (Å²) in [4.78, 5) is 26.4. The first-order valence-electron chi connectivity index (χ1n) is 9.85. The number of thiophene rings is 1. The second kappa shape index (κ2) is 9.80. The fourth-order valence-corrected chi connectivity index (χ4v) is 6.18. The fraction of sp³-hybridized carbons (Fsp3) is 0.333. The quantitative estimate of drug-likeness (QED) is 0.360. The van der Waals surface area contributed by atoms with Gasteiger partial charge in [-0.2, -0.15) is 0 Å². The minimum atomic E-state index is -0.467. The lowest BCUT2D eigenvalue weighted by molar-refractivity contribution is -0.121. The van der Waals surface area contributed by atoms with E-state index >= 15 is 0 Å². The number of methoxy groups -OCH3 is 1. The molecule has 0 saturated heterocycles. The Balaban J connectivity index is 1.32. The molecule has 2 amide bonds. The number of ether oxygens (including phenoxy) is 1. The van der Waals surface area contributed by atoms with Gasteiger partial charge in [0.1, 0.15) is 5.75 Å². The molecule has 4 rings (SSSR count). The van der Waals surface area contributed by atoms with Crippen LogP contribution in [0.2, 0.25) is 0 Å². The predicted octanol–water partition coefficient (Wildman–Crippen LogP) is 4.79. The number of hydrogen-bond donors (Lipinski definition) is 2. The van der Waals surface area contributed by atoms with Gasteiger partial charge in [-0.1, -0.05) is 42.0 Å². The van der Waals surface area contributed by atoms with Crippen LogP contribution in [0.5, 0.6) is 5.75 Å². The number of thioether (sulfide) groups is 1. The highest BCUT2D eigenvalue weighted by atomic mass is 32.2. The molecule has 162 valence electrons. The van der Waals surface area contributed by atoms with E-state index < -0.39 is 5.41 Å². The molecule has 10 heteroatoms. The van der Waals surface area contributed by atoms with Crippen molar-refractivity contribution >= 4 is 57.1 Å². The van der Waals surface area contributed by atoms with Crippen LogP contribution in [0.3, 0.4) is 0 Å². The lowest BCUT2D eigenvalue weighted by Crippen LogP contribution is -2.37. The van der Waals surface area contributed by atoms with E-state index in [1.807, 2.05) is 17.5 Å². The van der Waals surface area contributed by atoms with Gasteiger partial charge in [0.05, 0.1) is 18.3 Å². The van der Waals surface area contributed by atoms with Gasteiger partial charge in [-0.05, 0) is 48.6 Å². The minimum absolute atomic E-state index is 0.0163. The maximum Gasteiger partial charge on any atom is 0.237 e. The molecule has 7 nitrogen and oxygen atoms in total. The van der Waals surface area contributed by atoms with Crippen molar-refractivity contribution in [1.82, 2.24) is 10.2 Å². The van der Waals surface area contributed by atoms with Crippen molar-refractivity contribution in [2.24, 2.45) is 0 Å². The second-order valence-corrected chi connectivity index (χ2v) is 10.3. The summed E-state index contributed by atoms with van der Waals surface area (Å²) in [6.07, 6.45) is 3.80. The molecule has 1 aromatic carbocycles. The Kier molecular flexibility index (Phi) is 6.89. The number of anilines is 2. The first-order valence-corrected chi connectivity index (χ1v) is 12.5. The number of hydrogen-bond acceptors (Lipinski definition) is 8. The molecule has 1 fully saturated rings. The van der Waals surface area contributed by atoms with Crippen molar-refractivity contribution in [3.05, 3.63) is 46.7 Å². The third-order valence-electron chi connectivity index (χ3n) is 5.21. The molecule has 0 atom stereocenters. The van der Waals surface area contributed by atoms with Gasteiger partial charge in [0, 0.05) is 10.6 Å². The van der Waals surface area contributed by atoms with E-state index in [1.165, 1.54) is 23.1 Å². The SMILES string of the molecule is COc1ccc(NC(=O)CSc2nnc(NC(=O)C3(c4cccs4)CCCC3)s2)cc1. The van der Waals surface area contributed by atoms with Crippen molar-refractivity contribution in [2.45, 2.75) is 35.4 Å². The van der Waals surface area contributed by atoms with Gasteiger partial charge in [-0.3, -0.25) is 14.9 Å². The third kappa shape index (κ3) is 5.08. The molecule has 3 aromatic rings. The van der Waals surface area contributed by atoms with Crippen molar-refractivity contribution in [3.8, 4) is 5.75 Å². The summed E-state index contributed by atoms with van der Waals surface area (Å²) in [5.41, 5.74) is 0.234. The molecule has 0 aliphatic heterocycles. The smallest absolute Gasteiger partial charge is 0.237 e. The Bertz CT molecular complexity index is 1030. The summed E-state index contributed by atoms with van der Waals surface area (Å²) in [5, 5.41) is 16.5. The first-order chi connectivity index (χ1) is 15.1. The van der Waals surface area contributed by atoms with E-state index in [0.29, 0.717) is 15.2 Å². The molecule has 2 heterocycles. The minimum Gasteiger partial charge on any atom is -0.497 e. The third-order valence-corrected chi connectivity index (χ3v) is 8.26. The zero-order chi connectivity index (χ0) is 21.7. The Labute approximate surface area is 192 Å². The van der Waals surface area contributed by atoms with E-state index in [1.54, 1.807) is 42.7 Å². The van der Waals surface area contributed by atoms with Gasteiger partial charge in [0.15, 0.2) is 4.34 Å². The average molecular weight is 475 g/mol. The van der Waals surface area contributed by atoms with E-state index in [2.05, 4.69) is 20.8 Å². The van der Waals surface area contributed by atoms with Crippen LogP contribution in [0.25, 0.3) is 0 Å². The summed E-state index contributed by atoms with van der Waals surface area (Å²) in [5.74, 6) is 0.776. The fourth-order valence-electron chi connectivity index (χ4n) is 3.65. The van der Waals surface area contributed by atoms with E-state index in [0.717, 1.165) is 36.3 Å². The zero-order valence-corrected chi connectivity index (χ0v) is 19.4. The first kappa shape index (κ1) is 21.8. The maximum absolute atomic E-state index is 13.1. The number of rotatable bonds is 8. The number of amides is 2. The van der Waals surface area contributed by atoms with E-state index in [4.69, 9.17) is 4.74 Å². The number of carbonyl (C=O) groups excluding carboxylic acids is 2. The van der Waals surface area contributed by atoms with E-state index in [-0.39, 0.29) is 17.6 Å². The summed E-state index contributed by atoms with van der Waals surface area (Å²) in [7, 11) is 1.60. The normalized spacial score (nSPS) is 14.9. The number of nitrogens with one attached hydrogen (secondary N) is 2. The van der Waals surface area contributed by atoms with Gasteiger partial charge in [-0.15, -0.1) is 21.5 Å². The Morgan fingerprint density at radius 3 is 2.58 bits per heavy atom. The summed E-state index contributed by atoms with van der Waals surface area (Å²) in [6, 6.07) is 11.2. The molecule has 1 aliphatic rings. The van der Waals surface area contributed by atoms with Gasteiger partial charge < -0.3 is 10.1 Å². The van der Waals surface area contributed by atoms with E-state index in [9.17, 15) is 9.59 Å². The van der Waals surface area contributed by atoms with Gasteiger partial charge >= 0.3 is 0 Å². The number of nitrogens with zero attached hydrogens (tertiary/aromatic N) is 2. The highest BCUT2D eigenvalue weighted by Gasteiger charge is 2.43. The highest BCUT2D eigenvalue weighted by molar-refractivity contribution is 8.01. The summed E-state index contributed by atoms with van der Waals surface area (Å²) >= 11 is 4.20. The molecule has 0 unspecified atom stereocenters. The zero-order valence-electron chi connectivity index (χ0n) is 16.9. The maximum atomic E-state index is 13.1. The summed E-state index contributed by atoms with van der Waals surface area (Å²) < 4.78 is 5.74. The van der Waals surface area contributed by atoms with Crippen LogP contribution >= 0.6 is 34.4 Å². The molecule has 0 spiro atoms. The van der Waals surface area contributed by atoms with Crippen molar-refractivity contribution in [1.29, 1.82) is 0 Å². The van der Waals surface area contributed by atoms with Crippen molar-refractivity contribution < 1.29 is 14.3 Å². The molecule has 2 aromatic heterocycles. The van der Waals surface area contributed by atoms with Crippen LogP contribution in [0, 0.1) is 0 Å². The van der Waals surface area contributed by atoms with Crippen molar-refractivity contribution in [3.63, 3.8) is 0 Å². The second-order valence-electron chi connectivity index (χ2n) is 7.16. The largest absolute Gasteiger partial charge is 0.497 e.